The zero-order chi connectivity index (χ0) is 27.4. The van der Waals surface area contributed by atoms with Gasteiger partial charge in [-0.15, -0.1) is 4.83 Å². The monoisotopic (exact) mass is 564 g/mol. The van der Waals surface area contributed by atoms with Crippen LogP contribution in [0, 0.1) is 5.41 Å². The zero-order valence-corrected chi connectivity index (χ0v) is 22.7. The van der Waals surface area contributed by atoms with Crippen LogP contribution in [-0.2, 0) is 42.4 Å². The number of hydrogen-bond acceptors (Lipinski definition) is 14. The highest BCUT2D eigenvalue weighted by atomic mass is 32.2. The molecule has 4 rings (SSSR count). The van der Waals surface area contributed by atoms with Crippen molar-refractivity contribution in [2.45, 2.75) is 51.7 Å². The van der Waals surface area contributed by atoms with Crippen LogP contribution in [-0.4, -0.2) is 83.5 Å². The molecule has 2 aromatic heterocycles. The summed E-state index contributed by atoms with van der Waals surface area (Å²) in [6, 6.07) is 0. The SMILES string of the molecule is CN(NS(C)(=O)=O)c1ncnc2c1ncn2C1OC2COP(=O)(OCOC(=O)C(C)(C)C)O[C@H]2[C@@]1(C)O. The first kappa shape index (κ1) is 27.8. The molecular weight excluding hydrogens is 535 g/mol. The lowest BCUT2D eigenvalue weighted by atomic mass is 9.96. The van der Waals surface area contributed by atoms with Crippen LogP contribution in [0.25, 0.3) is 11.2 Å². The average Bonchev–Trinajstić information content (AvgIpc) is 3.30. The van der Waals surface area contributed by atoms with Crippen molar-refractivity contribution in [3.8, 4) is 0 Å². The Morgan fingerprint density at radius 1 is 1.38 bits per heavy atom. The van der Waals surface area contributed by atoms with Crippen LogP contribution in [0.3, 0.4) is 0 Å². The summed E-state index contributed by atoms with van der Waals surface area (Å²) in [5, 5.41) is 12.6. The summed E-state index contributed by atoms with van der Waals surface area (Å²) in [5.74, 6) is -0.414. The fourth-order valence-corrected chi connectivity index (χ4v) is 5.77. The summed E-state index contributed by atoms with van der Waals surface area (Å²) in [6.45, 7) is 5.46. The van der Waals surface area contributed by atoms with Crippen molar-refractivity contribution >= 4 is 40.8 Å². The molecule has 4 heterocycles. The number of aromatic nitrogens is 4. The van der Waals surface area contributed by atoms with Gasteiger partial charge in [0, 0.05) is 7.05 Å². The third-order valence-corrected chi connectivity index (χ3v) is 7.56. The number of aliphatic hydroxyl groups is 1. The van der Waals surface area contributed by atoms with Crippen molar-refractivity contribution < 1.29 is 45.9 Å². The van der Waals surface area contributed by atoms with Crippen molar-refractivity contribution in [2.24, 2.45) is 5.41 Å². The molecule has 0 radical (unpaired) electrons. The third-order valence-electron chi connectivity index (χ3n) is 5.58. The molecule has 0 amide bonds. The summed E-state index contributed by atoms with van der Waals surface area (Å²) in [5.41, 5.74) is -2.11. The Bertz CT molecular complexity index is 1340. The number of fused-ring (bicyclic) bond motifs is 2. The van der Waals surface area contributed by atoms with Crippen LogP contribution >= 0.6 is 7.82 Å². The largest absolute Gasteiger partial charge is 0.478 e. The van der Waals surface area contributed by atoms with Gasteiger partial charge in [0.15, 0.2) is 23.2 Å². The van der Waals surface area contributed by atoms with Gasteiger partial charge in [-0.25, -0.2) is 32.5 Å². The predicted octanol–water partition coefficient (Wildman–Crippen LogP) is 0.462. The maximum atomic E-state index is 13.0. The molecule has 0 aromatic carbocycles. The maximum Gasteiger partial charge on any atom is 0.478 e. The number of phosphoric ester groups is 1. The molecule has 2 aliphatic heterocycles. The van der Waals surface area contributed by atoms with Gasteiger partial charge in [-0.3, -0.25) is 23.4 Å². The minimum Gasteiger partial charge on any atom is -0.437 e. The molecule has 2 aromatic rings. The van der Waals surface area contributed by atoms with Gasteiger partial charge in [-0.2, -0.15) is 0 Å². The second-order valence-electron chi connectivity index (χ2n) is 9.89. The van der Waals surface area contributed by atoms with Gasteiger partial charge in [0.05, 0.1) is 24.6 Å². The van der Waals surface area contributed by atoms with Crippen molar-refractivity contribution in [1.29, 1.82) is 0 Å². The number of imidazole rings is 1. The van der Waals surface area contributed by atoms with E-state index in [1.54, 1.807) is 20.8 Å². The van der Waals surface area contributed by atoms with Crippen molar-refractivity contribution in [1.82, 2.24) is 24.4 Å². The summed E-state index contributed by atoms with van der Waals surface area (Å²) in [4.78, 5) is 26.8. The van der Waals surface area contributed by atoms with Gasteiger partial charge in [-0.1, -0.05) is 0 Å². The van der Waals surface area contributed by atoms with Crippen LogP contribution < -0.4 is 9.84 Å². The number of esters is 1. The number of rotatable bonds is 7. The lowest BCUT2D eigenvalue weighted by Crippen LogP contribution is -2.47. The van der Waals surface area contributed by atoms with E-state index in [9.17, 15) is 22.9 Å². The second-order valence-corrected chi connectivity index (χ2v) is 13.2. The number of nitrogens with one attached hydrogen (secondary N) is 1. The van der Waals surface area contributed by atoms with Crippen molar-refractivity contribution in [3.05, 3.63) is 12.7 Å². The molecule has 2 saturated heterocycles. The van der Waals surface area contributed by atoms with Gasteiger partial charge in [0.25, 0.3) is 0 Å². The lowest BCUT2D eigenvalue weighted by molar-refractivity contribution is -0.162. The van der Waals surface area contributed by atoms with Gasteiger partial charge in [0.2, 0.25) is 16.8 Å². The van der Waals surface area contributed by atoms with E-state index in [0.717, 1.165) is 6.26 Å². The van der Waals surface area contributed by atoms with Gasteiger partial charge in [-0.05, 0) is 27.7 Å². The van der Waals surface area contributed by atoms with E-state index in [1.807, 2.05) is 0 Å². The first-order valence-electron chi connectivity index (χ1n) is 11.0. The third kappa shape index (κ3) is 5.63. The molecule has 37 heavy (non-hydrogen) atoms. The Morgan fingerprint density at radius 2 is 2.08 bits per heavy atom. The fourth-order valence-electron chi connectivity index (χ4n) is 3.85. The number of carbonyl (C=O) groups excluding carboxylic acids is 1. The van der Waals surface area contributed by atoms with E-state index < -0.39 is 60.1 Å². The number of ether oxygens (including phenoxy) is 2. The Labute approximate surface area is 212 Å². The van der Waals surface area contributed by atoms with E-state index in [1.165, 1.54) is 36.2 Å². The lowest BCUT2D eigenvalue weighted by Gasteiger charge is -2.34. The molecule has 5 atom stereocenters. The summed E-state index contributed by atoms with van der Waals surface area (Å²) < 4.78 is 64.5. The molecule has 3 unspecified atom stereocenters. The van der Waals surface area contributed by atoms with Gasteiger partial charge in [0.1, 0.15) is 24.1 Å². The number of hydrogen-bond donors (Lipinski definition) is 2. The molecule has 206 valence electrons. The van der Waals surface area contributed by atoms with Gasteiger partial charge >= 0.3 is 13.8 Å². The Kier molecular flexibility index (Phi) is 7.13. The molecule has 2 aliphatic rings. The van der Waals surface area contributed by atoms with E-state index in [0.29, 0.717) is 0 Å². The van der Waals surface area contributed by atoms with Crippen molar-refractivity contribution in [3.63, 3.8) is 0 Å². The van der Waals surface area contributed by atoms with Crippen LogP contribution in [0.1, 0.15) is 33.9 Å². The minimum atomic E-state index is -4.20. The highest BCUT2D eigenvalue weighted by molar-refractivity contribution is 7.88. The topological polar surface area (TPSA) is 194 Å². The first-order valence-corrected chi connectivity index (χ1v) is 14.4. The fraction of sp³-hybridized carbons (Fsp3) is 0.684. The summed E-state index contributed by atoms with van der Waals surface area (Å²) >= 11 is 0. The maximum absolute atomic E-state index is 13.0. The van der Waals surface area contributed by atoms with Crippen LogP contribution in [0.4, 0.5) is 5.82 Å². The highest BCUT2D eigenvalue weighted by Gasteiger charge is 2.60. The summed E-state index contributed by atoms with van der Waals surface area (Å²) in [7, 11) is -6.35. The standard InChI is InChI=1S/C19H29N6O10PS/c1-18(2,3)17(26)31-10-33-36(28)32-7-11-13(35-36)19(4,27)16(34-11)25-9-22-12-14(20-8-21-15(12)25)24(5)23-37(6,29)30/h8-9,11,13,16,23,27H,7,10H2,1-6H3/t11?,13-,16?,19-,36?/m1/s1. The average molecular weight is 565 g/mol. The van der Waals surface area contributed by atoms with E-state index >= 15 is 0 Å². The number of carbonyl (C=O) groups is 1. The molecule has 18 heteroatoms. The van der Waals surface area contributed by atoms with Crippen LogP contribution in [0.2, 0.25) is 0 Å². The Hall–Kier alpha value is -2.24. The molecular formula is C19H29N6O10PS. The van der Waals surface area contributed by atoms with E-state index in [4.69, 9.17) is 23.0 Å². The molecule has 0 saturated carbocycles. The number of anilines is 1. The normalized spacial score (nSPS) is 30.3. The molecule has 2 N–H and O–H groups in total. The van der Waals surface area contributed by atoms with E-state index in [2.05, 4.69) is 19.8 Å². The smallest absolute Gasteiger partial charge is 0.437 e. The zero-order valence-electron chi connectivity index (χ0n) is 21.0. The summed E-state index contributed by atoms with van der Waals surface area (Å²) in [6.07, 6.45) is 0.437. The molecule has 0 bridgehead atoms. The number of nitrogens with zero attached hydrogens (tertiary/aromatic N) is 5. The Balaban J connectivity index is 1.54. The minimum absolute atomic E-state index is 0.159. The van der Waals surface area contributed by atoms with Crippen molar-refractivity contribution in [2.75, 3.05) is 31.7 Å². The number of phosphoric acid groups is 1. The second kappa shape index (κ2) is 9.50. The number of hydrazine groups is 1. The molecule has 2 fully saturated rings. The quantitative estimate of drug-likeness (QED) is 0.204. The number of sulfonamides is 1. The molecule has 16 nitrogen and oxygen atoms in total. The van der Waals surface area contributed by atoms with Crippen LogP contribution in [0.15, 0.2) is 12.7 Å². The molecule has 0 spiro atoms. The van der Waals surface area contributed by atoms with E-state index in [-0.39, 0.29) is 23.6 Å². The first-order chi connectivity index (χ1) is 17.0. The van der Waals surface area contributed by atoms with Gasteiger partial charge < -0.3 is 14.6 Å². The predicted molar refractivity (Wildman–Crippen MR) is 126 cm³/mol. The van der Waals surface area contributed by atoms with Crippen LogP contribution in [0.5, 0.6) is 0 Å². The highest BCUT2D eigenvalue weighted by Crippen LogP contribution is 2.58. The molecule has 0 aliphatic carbocycles. The Morgan fingerprint density at radius 3 is 2.73 bits per heavy atom.